The van der Waals surface area contributed by atoms with Gasteiger partial charge in [-0.2, -0.15) is 4.98 Å². The van der Waals surface area contributed by atoms with Crippen molar-refractivity contribution < 1.29 is 0 Å². The van der Waals surface area contributed by atoms with E-state index >= 15 is 0 Å². The Labute approximate surface area is 135 Å². The SMILES string of the molecule is C=CCNc1nc(C)cc(NCCc2c[nH]c3ccccc23)n1. The molecule has 0 saturated carbocycles. The van der Waals surface area contributed by atoms with E-state index in [2.05, 4.69) is 56.6 Å². The Morgan fingerprint density at radius 2 is 2.09 bits per heavy atom. The van der Waals surface area contributed by atoms with Gasteiger partial charge in [-0.05, 0) is 25.0 Å². The molecule has 3 aromatic rings. The highest BCUT2D eigenvalue weighted by Crippen LogP contribution is 2.18. The van der Waals surface area contributed by atoms with E-state index in [0.29, 0.717) is 12.5 Å². The molecule has 3 rings (SSSR count). The lowest BCUT2D eigenvalue weighted by molar-refractivity contribution is 0.996. The summed E-state index contributed by atoms with van der Waals surface area (Å²) in [5, 5.41) is 7.77. The molecular weight excluding hydrogens is 286 g/mol. The zero-order valence-electron chi connectivity index (χ0n) is 13.3. The van der Waals surface area contributed by atoms with Gasteiger partial charge >= 0.3 is 0 Å². The lowest BCUT2D eigenvalue weighted by Gasteiger charge is -2.09. The highest BCUT2D eigenvalue weighted by Gasteiger charge is 2.04. The summed E-state index contributed by atoms with van der Waals surface area (Å²) in [6.07, 6.45) is 4.80. The van der Waals surface area contributed by atoms with Crippen molar-refractivity contribution in [3.8, 4) is 0 Å². The van der Waals surface area contributed by atoms with Crippen LogP contribution >= 0.6 is 0 Å². The topological polar surface area (TPSA) is 65.6 Å². The van der Waals surface area contributed by atoms with Crippen LogP contribution < -0.4 is 10.6 Å². The first kappa shape index (κ1) is 15.1. The van der Waals surface area contributed by atoms with Gasteiger partial charge in [0.25, 0.3) is 0 Å². The summed E-state index contributed by atoms with van der Waals surface area (Å²) in [5.74, 6) is 1.46. The van der Waals surface area contributed by atoms with Crippen LogP contribution in [0.4, 0.5) is 11.8 Å². The largest absolute Gasteiger partial charge is 0.370 e. The van der Waals surface area contributed by atoms with Crippen molar-refractivity contribution in [3.05, 3.63) is 60.4 Å². The molecule has 0 aliphatic rings. The van der Waals surface area contributed by atoms with Gasteiger partial charge in [-0.3, -0.25) is 0 Å². The molecule has 0 spiro atoms. The maximum atomic E-state index is 4.46. The Hall–Kier alpha value is -2.82. The van der Waals surface area contributed by atoms with Gasteiger partial charge in [0.1, 0.15) is 5.82 Å². The molecule has 0 aliphatic heterocycles. The highest BCUT2D eigenvalue weighted by atomic mass is 15.1. The van der Waals surface area contributed by atoms with E-state index < -0.39 is 0 Å². The zero-order valence-corrected chi connectivity index (χ0v) is 13.3. The summed E-state index contributed by atoms with van der Waals surface area (Å²) >= 11 is 0. The van der Waals surface area contributed by atoms with Gasteiger partial charge < -0.3 is 15.6 Å². The fraction of sp³-hybridized carbons (Fsp3) is 0.222. The molecule has 0 unspecified atom stereocenters. The second kappa shape index (κ2) is 6.96. The van der Waals surface area contributed by atoms with Gasteiger partial charge in [-0.15, -0.1) is 6.58 Å². The number of hydrogen-bond acceptors (Lipinski definition) is 4. The van der Waals surface area contributed by atoms with Crippen molar-refractivity contribution in [2.75, 3.05) is 23.7 Å². The molecule has 118 valence electrons. The van der Waals surface area contributed by atoms with Gasteiger partial charge in [-0.1, -0.05) is 24.3 Å². The standard InChI is InChI=1S/C18H21N5/c1-3-9-20-18-22-13(2)11-17(23-18)19-10-8-14-12-21-16-7-5-4-6-15(14)16/h3-7,11-12,21H,1,8-10H2,2H3,(H2,19,20,22,23). The van der Waals surface area contributed by atoms with E-state index in [1.807, 2.05) is 19.1 Å². The Morgan fingerprint density at radius 1 is 1.22 bits per heavy atom. The predicted molar refractivity (Wildman–Crippen MR) is 95.9 cm³/mol. The average molecular weight is 307 g/mol. The number of aryl methyl sites for hydroxylation is 1. The minimum Gasteiger partial charge on any atom is -0.370 e. The number of aromatic nitrogens is 3. The van der Waals surface area contributed by atoms with Crippen LogP contribution in [0.1, 0.15) is 11.3 Å². The molecule has 1 aromatic carbocycles. The molecule has 0 radical (unpaired) electrons. The number of para-hydroxylation sites is 1. The predicted octanol–water partition coefficient (Wildman–Crippen LogP) is 3.52. The molecule has 5 nitrogen and oxygen atoms in total. The number of anilines is 2. The van der Waals surface area contributed by atoms with Crippen LogP contribution in [0.3, 0.4) is 0 Å². The molecule has 0 aliphatic carbocycles. The second-order valence-electron chi connectivity index (χ2n) is 5.42. The Morgan fingerprint density at radius 3 is 2.96 bits per heavy atom. The van der Waals surface area contributed by atoms with Crippen LogP contribution in [0.2, 0.25) is 0 Å². The third kappa shape index (κ3) is 3.69. The highest BCUT2D eigenvalue weighted by molar-refractivity contribution is 5.83. The van der Waals surface area contributed by atoms with Crippen molar-refractivity contribution in [3.63, 3.8) is 0 Å². The second-order valence-corrected chi connectivity index (χ2v) is 5.42. The number of rotatable bonds is 7. The van der Waals surface area contributed by atoms with E-state index in [-0.39, 0.29) is 0 Å². The summed E-state index contributed by atoms with van der Waals surface area (Å²) < 4.78 is 0. The quantitative estimate of drug-likeness (QED) is 0.584. The monoisotopic (exact) mass is 307 g/mol. The van der Waals surface area contributed by atoms with Gasteiger partial charge in [0.2, 0.25) is 5.95 Å². The van der Waals surface area contributed by atoms with E-state index in [1.165, 1.54) is 16.5 Å². The molecule has 3 N–H and O–H groups in total. The van der Waals surface area contributed by atoms with Gasteiger partial charge in [0, 0.05) is 41.9 Å². The van der Waals surface area contributed by atoms with Crippen molar-refractivity contribution in [1.82, 2.24) is 15.0 Å². The number of aromatic amines is 1. The number of nitrogens with one attached hydrogen (secondary N) is 3. The third-order valence-corrected chi connectivity index (χ3v) is 3.63. The van der Waals surface area contributed by atoms with E-state index in [1.54, 1.807) is 6.08 Å². The number of hydrogen-bond donors (Lipinski definition) is 3. The van der Waals surface area contributed by atoms with Crippen molar-refractivity contribution in [2.24, 2.45) is 0 Å². The molecule has 2 heterocycles. The van der Waals surface area contributed by atoms with E-state index in [0.717, 1.165) is 24.5 Å². The van der Waals surface area contributed by atoms with Crippen molar-refractivity contribution in [2.45, 2.75) is 13.3 Å². The van der Waals surface area contributed by atoms with Crippen LogP contribution in [-0.2, 0) is 6.42 Å². The summed E-state index contributed by atoms with van der Waals surface area (Å²) in [5.41, 5.74) is 3.42. The van der Waals surface area contributed by atoms with Crippen LogP contribution in [0.15, 0.2) is 49.2 Å². The molecule has 2 aromatic heterocycles. The molecule has 0 bridgehead atoms. The lowest BCUT2D eigenvalue weighted by atomic mass is 10.1. The van der Waals surface area contributed by atoms with Gasteiger partial charge in [-0.25, -0.2) is 4.98 Å². The van der Waals surface area contributed by atoms with Crippen LogP contribution in [0, 0.1) is 6.92 Å². The van der Waals surface area contributed by atoms with Crippen LogP contribution in [0.25, 0.3) is 10.9 Å². The summed E-state index contributed by atoms with van der Waals surface area (Å²) in [7, 11) is 0. The third-order valence-electron chi connectivity index (χ3n) is 3.63. The van der Waals surface area contributed by atoms with Crippen LogP contribution in [0.5, 0.6) is 0 Å². The first-order valence-corrected chi connectivity index (χ1v) is 7.75. The minimum atomic E-state index is 0.625. The maximum absolute atomic E-state index is 4.46. The van der Waals surface area contributed by atoms with E-state index in [9.17, 15) is 0 Å². The molecule has 0 fully saturated rings. The fourth-order valence-corrected chi connectivity index (χ4v) is 2.57. The summed E-state index contributed by atoms with van der Waals surface area (Å²) in [6, 6.07) is 10.3. The molecule has 0 atom stereocenters. The summed E-state index contributed by atoms with van der Waals surface area (Å²) in [6.45, 7) is 7.12. The van der Waals surface area contributed by atoms with Crippen LogP contribution in [-0.4, -0.2) is 28.0 Å². The van der Waals surface area contributed by atoms with Crippen molar-refractivity contribution >= 4 is 22.7 Å². The lowest BCUT2D eigenvalue weighted by Crippen LogP contribution is -2.10. The smallest absolute Gasteiger partial charge is 0.225 e. The number of H-pyrrole nitrogens is 1. The molecule has 23 heavy (non-hydrogen) atoms. The normalized spacial score (nSPS) is 10.7. The average Bonchev–Trinajstić information content (AvgIpc) is 2.96. The number of fused-ring (bicyclic) bond motifs is 1. The molecule has 0 amide bonds. The van der Waals surface area contributed by atoms with Gasteiger partial charge in [0.05, 0.1) is 0 Å². The Kier molecular flexibility index (Phi) is 4.57. The molecular formula is C18H21N5. The first-order chi connectivity index (χ1) is 11.3. The maximum Gasteiger partial charge on any atom is 0.225 e. The number of nitrogens with zero attached hydrogens (tertiary/aromatic N) is 2. The Bertz CT molecular complexity index is 806. The number of benzene rings is 1. The first-order valence-electron chi connectivity index (χ1n) is 7.75. The van der Waals surface area contributed by atoms with Gasteiger partial charge in [0.15, 0.2) is 0 Å². The zero-order chi connectivity index (χ0) is 16.1. The molecule has 0 saturated heterocycles. The minimum absolute atomic E-state index is 0.625. The fourth-order valence-electron chi connectivity index (χ4n) is 2.57. The van der Waals surface area contributed by atoms with E-state index in [4.69, 9.17) is 0 Å². The molecule has 5 heteroatoms. The Balaban J connectivity index is 1.64. The summed E-state index contributed by atoms with van der Waals surface area (Å²) in [4.78, 5) is 12.1. The van der Waals surface area contributed by atoms with Crippen molar-refractivity contribution in [1.29, 1.82) is 0 Å².